The van der Waals surface area contributed by atoms with Crippen LogP contribution in [0.15, 0.2) is 30.9 Å². The van der Waals surface area contributed by atoms with E-state index in [0.717, 1.165) is 0 Å². The van der Waals surface area contributed by atoms with Crippen molar-refractivity contribution < 1.29 is 4.92 Å². The molecular formula is C13H16N6O2. The third-order valence-electron chi connectivity index (χ3n) is 2.99. The second-order valence-corrected chi connectivity index (χ2v) is 4.18. The molecule has 8 nitrogen and oxygen atoms in total. The second-order valence-electron chi connectivity index (χ2n) is 4.18. The normalized spacial score (nSPS) is 10.2. The van der Waals surface area contributed by atoms with E-state index >= 15 is 0 Å². The molecule has 8 heteroatoms. The number of anilines is 3. The maximum absolute atomic E-state index is 11.4. The van der Waals surface area contributed by atoms with Crippen LogP contribution in [0, 0.1) is 10.1 Å². The van der Waals surface area contributed by atoms with E-state index in [4.69, 9.17) is 0 Å². The largest absolute Gasteiger partial charge is 0.353 e. The van der Waals surface area contributed by atoms with Gasteiger partial charge in [0.05, 0.1) is 4.92 Å². The monoisotopic (exact) mass is 288 g/mol. The Balaban J connectivity index is 2.46. The van der Waals surface area contributed by atoms with Crippen molar-refractivity contribution in [1.29, 1.82) is 0 Å². The van der Waals surface area contributed by atoms with Gasteiger partial charge in [-0.1, -0.05) is 0 Å². The van der Waals surface area contributed by atoms with Gasteiger partial charge >= 0.3 is 5.69 Å². The van der Waals surface area contributed by atoms with E-state index in [1.54, 1.807) is 24.5 Å². The highest BCUT2D eigenvalue weighted by Gasteiger charge is 2.25. The minimum atomic E-state index is -0.461. The number of rotatable bonds is 6. The van der Waals surface area contributed by atoms with Gasteiger partial charge in [-0.25, -0.2) is 9.97 Å². The lowest BCUT2D eigenvalue weighted by Gasteiger charge is -2.19. The first-order chi connectivity index (χ1) is 10.2. The summed E-state index contributed by atoms with van der Waals surface area (Å²) in [5.74, 6) is 0.486. The molecule has 21 heavy (non-hydrogen) atoms. The van der Waals surface area contributed by atoms with Crippen molar-refractivity contribution >= 4 is 23.0 Å². The summed E-state index contributed by atoms with van der Waals surface area (Å²) in [5, 5.41) is 14.4. The van der Waals surface area contributed by atoms with Crippen LogP contribution in [-0.2, 0) is 0 Å². The fraction of sp³-hybridized carbons (Fsp3) is 0.308. The van der Waals surface area contributed by atoms with Gasteiger partial charge in [0.25, 0.3) is 0 Å². The average Bonchev–Trinajstić information content (AvgIpc) is 2.49. The summed E-state index contributed by atoms with van der Waals surface area (Å²) in [7, 11) is 0. The van der Waals surface area contributed by atoms with Crippen LogP contribution in [0.2, 0.25) is 0 Å². The Labute approximate surface area is 122 Å². The van der Waals surface area contributed by atoms with Crippen molar-refractivity contribution in [3.63, 3.8) is 0 Å². The molecule has 0 spiro atoms. The standard InChI is InChI=1S/C13H16N6O2/c1-3-18(4-2)13-11(19(20)21)12(15-9-16-13)17-10-5-7-14-8-6-10/h5-9H,3-4H2,1-2H3,(H,14,15,16,17). The van der Waals surface area contributed by atoms with E-state index in [0.29, 0.717) is 24.6 Å². The maximum Gasteiger partial charge on any atom is 0.353 e. The van der Waals surface area contributed by atoms with Gasteiger partial charge in [-0.2, -0.15) is 0 Å². The Morgan fingerprint density at radius 3 is 2.48 bits per heavy atom. The quantitative estimate of drug-likeness (QED) is 0.643. The van der Waals surface area contributed by atoms with Crippen LogP contribution in [0.4, 0.5) is 23.0 Å². The molecule has 0 aromatic carbocycles. The fourth-order valence-corrected chi connectivity index (χ4v) is 1.96. The third kappa shape index (κ3) is 3.22. The molecule has 2 heterocycles. The van der Waals surface area contributed by atoms with Crippen LogP contribution in [0.1, 0.15) is 13.8 Å². The van der Waals surface area contributed by atoms with E-state index in [1.807, 2.05) is 18.7 Å². The molecule has 0 bridgehead atoms. The van der Waals surface area contributed by atoms with Gasteiger partial charge in [0, 0.05) is 31.2 Å². The molecule has 0 amide bonds. The number of nitro groups is 1. The molecule has 2 aromatic rings. The predicted molar refractivity (Wildman–Crippen MR) is 79.8 cm³/mol. The van der Waals surface area contributed by atoms with Gasteiger partial charge in [0.1, 0.15) is 6.33 Å². The molecule has 2 rings (SSSR count). The molecule has 0 unspecified atom stereocenters. The number of nitrogens with one attached hydrogen (secondary N) is 1. The van der Waals surface area contributed by atoms with Crippen molar-refractivity contribution in [3.05, 3.63) is 41.0 Å². The third-order valence-corrected chi connectivity index (χ3v) is 2.99. The zero-order valence-electron chi connectivity index (χ0n) is 11.9. The highest BCUT2D eigenvalue weighted by atomic mass is 16.6. The molecule has 0 radical (unpaired) electrons. The molecule has 110 valence electrons. The van der Waals surface area contributed by atoms with E-state index < -0.39 is 4.92 Å². The Bertz CT molecular complexity index is 615. The van der Waals surface area contributed by atoms with Crippen molar-refractivity contribution in [3.8, 4) is 0 Å². The number of pyridine rings is 1. The topological polar surface area (TPSA) is 97.1 Å². The first-order valence-electron chi connectivity index (χ1n) is 6.58. The summed E-state index contributed by atoms with van der Waals surface area (Å²) in [6.45, 7) is 5.10. The minimum absolute atomic E-state index is 0.127. The summed E-state index contributed by atoms with van der Waals surface area (Å²) in [4.78, 5) is 24.7. The number of nitrogens with zero attached hydrogens (tertiary/aromatic N) is 5. The summed E-state index contributed by atoms with van der Waals surface area (Å²) >= 11 is 0. The number of aromatic nitrogens is 3. The Kier molecular flexibility index (Phi) is 4.60. The highest BCUT2D eigenvalue weighted by Crippen LogP contribution is 2.33. The van der Waals surface area contributed by atoms with Crippen LogP contribution in [-0.4, -0.2) is 33.0 Å². The first-order valence-corrected chi connectivity index (χ1v) is 6.58. The SMILES string of the molecule is CCN(CC)c1ncnc(Nc2ccncc2)c1[N+](=O)[O-]. The molecule has 1 N–H and O–H groups in total. The average molecular weight is 288 g/mol. The fourth-order valence-electron chi connectivity index (χ4n) is 1.96. The zero-order valence-corrected chi connectivity index (χ0v) is 11.9. The van der Waals surface area contributed by atoms with Crippen LogP contribution in [0.5, 0.6) is 0 Å². The summed E-state index contributed by atoms with van der Waals surface area (Å²) in [6.07, 6.45) is 4.52. The van der Waals surface area contributed by atoms with Crippen molar-refractivity contribution in [2.75, 3.05) is 23.3 Å². The maximum atomic E-state index is 11.4. The molecule has 0 atom stereocenters. The van der Waals surface area contributed by atoms with E-state index in [1.165, 1.54) is 6.33 Å². The molecular weight excluding hydrogens is 272 g/mol. The molecule has 0 saturated heterocycles. The number of hydrogen-bond acceptors (Lipinski definition) is 7. The van der Waals surface area contributed by atoms with Crippen LogP contribution in [0.3, 0.4) is 0 Å². The smallest absolute Gasteiger partial charge is 0.351 e. The van der Waals surface area contributed by atoms with Gasteiger partial charge in [0.2, 0.25) is 11.6 Å². The van der Waals surface area contributed by atoms with Gasteiger partial charge in [-0.05, 0) is 26.0 Å². The van der Waals surface area contributed by atoms with Gasteiger partial charge in [-0.3, -0.25) is 15.1 Å². The first kappa shape index (κ1) is 14.6. The molecule has 0 aliphatic rings. The van der Waals surface area contributed by atoms with Gasteiger partial charge in [-0.15, -0.1) is 0 Å². The molecule has 0 fully saturated rings. The molecule has 2 aromatic heterocycles. The summed E-state index contributed by atoms with van der Waals surface area (Å²) in [6, 6.07) is 3.42. The van der Waals surface area contributed by atoms with E-state index in [-0.39, 0.29) is 11.5 Å². The molecule has 0 aliphatic heterocycles. The lowest BCUT2D eigenvalue weighted by molar-refractivity contribution is -0.383. The molecule has 0 aliphatic carbocycles. The lowest BCUT2D eigenvalue weighted by Crippen LogP contribution is -2.24. The van der Waals surface area contributed by atoms with Crippen LogP contribution in [0.25, 0.3) is 0 Å². The van der Waals surface area contributed by atoms with Crippen LogP contribution < -0.4 is 10.2 Å². The second kappa shape index (κ2) is 6.60. The van der Waals surface area contributed by atoms with Gasteiger partial charge < -0.3 is 10.2 Å². The Morgan fingerprint density at radius 2 is 1.90 bits per heavy atom. The van der Waals surface area contributed by atoms with Crippen molar-refractivity contribution in [2.45, 2.75) is 13.8 Å². The Hall–Kier alpha value is -2.77. The van der Waals surface area contributed by atoms with E-state index in [9.17, 15) is 10.1 Å². The van der Waals surface area contributed by atoms with Crippen LogP contribution >= 0.6 is 0 Å². The summed E-state index contributed by atoms with van der Waals surface area (Å²) in [5.41, 5.74) is 0.551. The number of hydrogen-bond donors (Lipinski definition) is 1. The van der Waals surface area contributed by atoms with Crippen molar-refractivity contribution in [2.24, 2.45) is 0 Å². The predicted octanol–water partition coefficient (Wildman–Crippen LogP) is 2.37. The highest BCUT2D eigenvalue weighted by molar-refractivity contribution is 5.74. The lowest BCUT2D eigenvalue weighted by atomic mass is 10.3. The molecule has 0 saturated carbocycles. The Morgan fingerprint density at radius 1 is 1.24 bits per heavy atom. The minimum Gasteiger partial charge on any atom is -0.351 e. The van der Waals surface area contributed by atoms with Crippen molar-refractivity contribution in [1.82, 2.24) is 15.0 Å². The summed E-state index contributed by atoms with van der Waals surface area (Å²) < 4.78 is 0. The zero-order chi connectivity index (χ0) is 15.2. The van der Waals surface area contributed by atoms with E-state index in [2.05, 4.69) is 20.3 Å². The van der Waals surface area contributed by atoms with Gasteiger partial charge in [0.15, 0.2) is 0 Å².